The Kier molecular flexibility index (Phi) is 5.65. The second-order valence-electron chi connectivity index (χ2n) is 4.09. The van der Waals surface area contributed by atoms with Crippen LogP contribution in [-0.2, 0) is 9.53 Å². The zero-order valence-electron chi connectivity index (χ0n) is 9.71. The third-order valence-electron chi connectivity index (χ3n) is 3.01. The van der Waals surface area contributed by atoms with E-state index in [2.05, 4.69) is 17.6 Å². The van der Waals surface area contributed by atoms with Crippen LogP contribution in [0.15, 0.2) is 0 Å². The van der Waals surface area contributed by atoms with Gasteiger partial charge in [0.05, 0.1) is 12.6 Å². The van der Waals surface area contributed by atoms with Crippen LogP contribution in [0.2, 0.25) is 0 Å². The van der Waals surface area contributed by atoms with Crippen molar-refractivity contribution < 1.29 is 9.53 Å². The van der Waals surface area contributed by atoms with Crippen LogP contribution in [0.5, 0.6) is 0 Å². The Morgan fingerprint density at radius 3 is 3.07 bits per heavy atom. The molecule has 0 radical (unpaired) electrons. The Labute approximate surface area is 91.8 Å². The Bertz CT molecular complexity index is 197. The second kappa shape index (κ2) is 6.80. The van der Waals surface area contributed by atoms with Crippen LogP contribution in [0.3, 0.4) is 0 Å². The SMILES string of the molecule is CCC1CCNC(C(=O)NCCOC)C1. The normalized spacial score (nSPS) is 26.3. The summed E-state index contributed by atoms with van der Waals surface area (Å²) in [5.74, 6) is 0.814. The number of piperidine rings is 1. The summed E-state index contributed by atoms with van der Waals surface area (Å²) >= 11 is 0. The van der Waals surface area contributed by atoms with E-state index in [1.54, 1.807) is 7.11 Å². The molecule has 1 rings (SSSR count). The summed E-state index contributed by atoms with van der Waals surface area (Å²) in [4.78, 5) is 11.7. The molecule has 0 aliphatic carbocycles. The molecule has 88 valence electrons. The summed E-state index contributed by atoms with van der Waals surface area (Å²) in [5.41, 5.74) is 0. The van der Waals surface area contributed by atoms with Crippen LogP contribution >= 0.6 is 0 Å². The topological polar surface area (TPSA) is 50.4 Å². The van der Waals surface area contributed by atoms with E-state index in [4.69, 9.17) is 4.74 Å². The van der Waals surface area contributed by atoms with Crippen LogP contribution in [0.4, 0.5) is 0 Å². The molecule has 1 aliphatic heterocycles. The highest BCUT2D eigenvalue weighted by molar-refractivity contribution is 5.81. The van der Waals surface area contributed by atoms with Gasteiger partial charge in [0.2, 0.25) is 5.91 Å². The minimum atomic E-state index is 0.000515. The number of hydrogen-bond acceptors (Lipinski definition) is 3. The number of nitrogens with one attached hydrogen (secondary N) is 2. The van der Waals surface area contributed by atoms with Crippen LogP contribution < -0.4 is 10.6 Å². The third-order valence-corrected chi connectivity index (χ3v) is 3.01. The minimum Gasteiger partial charge on any atom is -0.383 e. The summed E-state index contributed by atoms with van der Waals surface area (Å²) in [7, 11) is 1.64. The molecule has 1 aliphatic rings. The number of amides is 1. The van der Waals surface area contributed by atoms with Gasteiger partial charge in [0.25, 0.3) is 0 Å². The van der Waals surface area contributed by atoms with Crippen molar-refractivity contribution in [1.29, 1.82) is 0 Å². The van der Waals surface area contributed by atoms with Gasteiger partial charge in [-0.2, -0.15) is 0 Å². The maximum Gasteiger partial charge on any atom is 0.237 e. The molecule has 2 atom stereocenters. The fourth-order valence-corrected chi connectivity index (χ4v) is 1.97. The maximum absolute atomic E-state index is 11.7. The van der Waals surface area contributed by atoms with E-state index in [1.165, 1.54) is 12.8 Å². The van der Waals surface area contributed by atoms with Gasteiger partial charge < -0.3 is 15.4 Å². The summed E-state index contributed by atoms with van der Waals surface area (Å²) in [6, 6.07) is 0.000515. The molecule has 15 heavy (non-hydrogen) atoms. The van der Waals surface area contributed by atoms with Crippen molar-refractivity contribution in [2.75, 3.05) is 26.8 Å². The number of hydrogen-bond donors (Lipinski definition) is 2. The fourth-order valence-electron chi connectivity index (χ4n) is 1.97. The summed E-state index contributed by atoms with van der Waals surface area (Å²) in [6.07, 6.45) is 3.33. The van der Waals surface area contributed by atoms with E-state index >= 15 is 0 Å². The molecule has 4 nitrogen and oxygen atoms in total. The second-order valence-corrected chi connectivity index (χ2v) is 4.09. The molecule has 2 N–H and O–H groups in total. The van der Waals surface area contributed by atoms with Gasteiger partial charge in [0.15, 0.2) is 0 Å². The van der Waals surface area contributed by atoms with Crippen LogP contribution in [-0.4, -0.2) is 38.8 Å². The highest BCUT2D eigenvalue weighted by Gasteiger charge is 2.25. The van der Waals surface area contributed by atoms with Crippen LogP contribution in [0, 0.1) is 5.92 Å². The molecule has 1 heterocycles. The lowest BCUT2D eigenvalue weighted by Crippen LogP contribution is -2.49. The summed E-state index contributed by atoms with van der Waals surface area (Å²) < 4.78 is 4.89. The molecule has 0 bridgehead atoms. The van der Waals surface area contributed by atoms with Crippen molar-refractivity contribution in [3.63, 3.8) is 0 Å². The molecule has 1 amide bonds. The van der Waals surface area contributed by atoms with Gasteiger partial charge >= 0.3 is 0 Å². The van der Waals surface area contributed by atoms with Crippen molar-refractivity contribution in [2.45, 2.75) is 32.2 Å². The third kappa shape index (κ3) is 4.18. The molecule has 0 aromatic carbocycles. The fraction of sp³-hybridized carbons (Fsp3) is 0.909. The van der Waals surface area contributed by atoms with Gasteiger partial charge in [0.1, 0.15) is 0 Å². The molecule has 4 heteroatoms. The predicted octanol–water partition coefficient (Wildman–Crippen LogP) is 0.527. The van der Waals surface area contributed by atoms with E-state index in [1.807, 2.05) is 0 Å². The molecule has 0 aromatic heterocycles. The molecule has 2 unspecified atom stereocenters. The first-order chi connectivity index (χ1) is 7.27. The van der Waals surface area contributed by atoms with Crippen LogP contribution in [0.1, 0.15) is 26.2 Å². The molecule has 1 saturated heterocycles. The Balaban J connectivity index is 2.25. The first-order valence-corrected chi connectivity index (χ1v) is 5.78. The Morgan fingerprint density at radius 2 is 2.40 bits per heavy atom. The van der Waals surface area contributed by atoms with Crippen molar-refractivity contribution in [3.05, 3.63) is 0 Å². The number of ether oxygens (including phenoxy) is 1. The summed E-state index contributed by atoms with van der Waals surface area (Å²) in [6.45, 7) is 4.33. The first kappa shape index (κ1) is 12.5. The van der Waals surface area contributed by atoms with Gasteiger partial charge in [-0.05, 0) is 25.3 Å². The van der Waals surface area contributed by atoms with E-state index in [0.29, 0.717) is 19.1 Å². The van der Waals surface area contributed by atoms with Gasteiger partial charge in [-0.25, -0.2) is 0 Å². The smallest absolute Gasteiger partial charge is 0.237 e. The maximum atomic E-state index is 11.7. The highest BCUT2D eigenvalue weighted by Crippen LogP contribution is 2.19. The summed E-state index contributed by atoms with van der Waals surface area (Å²) in [5, 5.41) is 6.13. The van der Waals surface area contributed by atoms with Gasteiger partial charge in [-0.15, -0.1) is 0 Å². The number of rotatable bonds is 5. The molecule has 0 aromatic rings. The lowest BCUT2D eigenvalue weighted by Gasteiger charge is -2.28. The largest absolute Gasteiger partial charge is 0.383 e. The van der Waals surface area contributed by atoms with E-state index < -0.39 is 0 Å². The lowest BCUT2D eigenvalue weighted by molar-refractivity contribution is -0.124. The number of carbonyl (C=O) groups excluding carboxylic acids is 1. The number of carbonyl (C=O) groups is 1. The van der Waals surface area contributed by atoms with E-state index in [9.17, 15) is 4.79 Å². The Morgan fingerprint density at radius 1 is 1.60 bits per heavy atom. The molecule has 1 fully saturated rings. The monoisotopic (exact) mass is 214 g/mol. The van der Waals surface area contributed by atoms with Crippen molar-refractivity contribution >= 4 is 5.91 Å². The first-order valence-electron chi connectivity index (χ1n) is 5.78. The average molecular weight is 214 g/mol. The predicted molar refractivity (Wildman–Crippen MR) is 59.7 cm³/mol. The van der Waals surface area contributed by atoms with Gasteiger partial charge in [0, 0.05) is 13.7 Å². The van der Waals surface area contributed by atoms with Gasteiger partial charge in [-0.3, -0.25) is 4.79 Å². The quantitative estimate of drug-likeness (QED) is 0.656. The lowest BCUT2D eigenvalue weighted by atomic mass is 9.90. The van der Waals surface area contributed by atoms with Crippen molar-refractivity contribution in [2.24, 2.45) is 5.92 Å². The van der Waals surface area contributed by atoms with Crippen molar-refractivity contribution in [3.8, 4) is 0 Å². The highest BCUT2D eigenvalue weighted by atomic mass is 16.5. The zero-order valence-corrected chi connectivity index (χ0v) is 9.71. The zero-order chi connectivity index (χ0) is 11.1. The van der Waals surface area contributed by atoms with Crippen molar-refractivity contribution in [1.82, 2.24) is 10.6 Å². The standard InChI is InChI=1S/C11H22N2O2/c1-3-9-4-5-12-10(8-9)11(14)13-6-7-15-2/h9-10,12H,3-8H2,1-2H3,(H,13,14). The molecule has 0 saturated carbocycles. The Hall–Kier alpha value is -0.610. The number of methoxy groups -OCH3 is 1. The molecular formula is C11H22N2O2. The van der Waals surface area contributed by atoms with E-state index in [-0.39, 0.29) is 11.9 Å². The van der Waals surface area contributed by atoms with Crippen LogP contribution in [0.25, 0.3) is 0 Å². The van der Waals surface area contributed by atoms with E-state index in [0.717, 1.165) is 13.0 Å². The molecule has 0 spiro atoms. The van der Waals surface area contributed by atoms with Gasteiger partial charge in [-0.1, -0.05) is 13.3 Å². The molecular weight excluding hydrogens is 192 g/mol. The minimum absolute atomic E-state index is 0.000515. The average Bonchev–Trinajstić information content (AvgIpc) is 2.29.